The number of tetrazole rings is 1. The largest absolute Gasteiger partial charge is 0.320 e. The molecule has 2 amide bonds. The zero-order chi connectivity index (χ0) is 21.8. The van der Waals surface area contributed by atoms with Crippen LogP contribution in [0.5, 0.6) is 0 Å². The third-order valence-electron chi connectivity index (χ3n) is 4.43. The maximum Gasteiger partial charge on any atom is 0.274 e. The number of nitrogens with zero attached hydrogens (tertiary/aromatic N) is 5. The predicted octanol–water partition coefficient (Wildman–Crippen LogP) is 3.01. The first-order chi connectivity index (χ1) is 15.0. The molecule has 2 aromatic carbocycles. The molecule has 10 heteroatoms. The summed E-state index contributed by atoms with van der Waals surface area (Å²) in [5.74, 6) is -1.51. The number of benzene rings is 2. The second-order valence-electron chi connectivity index (χ2n) is 6.57. The van der Waals surface area contributed by atoms with Gasteiger partial charge in [0, 0.05) is 11.8 Å². The Bertz CT molecular complexity index is 1240. The Labute approximate surface area is 175 Å². The summed E-state index contributed by atoms with van der Waals surface area (Å²) in [6.45, 7) is 1.81. The molecule has 4 rings (SSSR count). The molecule has 0 atom stereocenters. The number of halogens is 1. The molecule has 0 fully saturated rings. The van der Waals surface area contributed by atoms with E-state index in [1.54, 1.807) is 36.4 Å². The van der Waals surface area contributed by atoms with Crippen LogP contribution in [0.15, 0.2) is 67.1 Å². The van der Waals surface area contributed by atoms with Gasteiger partial charge in [-0.05, 0) is 71.4 Å². The summed E-state index contributed by atoms with van der Waals surface area (Å²) in [4.78, 5) is 29.2. The average Bonchev–Trinajstić information content (AvgIpc) is 3.30. The van der Waals surface area contributed by atoms with Gasteiger partial charge in [-0.15, -0.1) is 5.10 Å². The van der Waals surface area contributed by atoms with Gasteiger partial charge in [0.05, 0.1) is 17.1 Å². The summed E-state index contributed by atoms with van der Waals surface area (Å²) >= 11 is 0. The van der Waals surface area contributed by atoms with Crippen molar-refractivity contribution in [1.82, 2.24) is 25.2 Å². The second-order valence-corrected chi connectivity index (χ2v) is 6.57. The SMILES string of the molecule is Cc1cc(C(=O)Nc2cc(F)ccc2NC(=O)c2ccccn2)ccc1-n1cnnn1. The molecule has 0 bridgehead atoms. The lowest BCUT2D eigenvalue weighted by Gasteiger charge is -2.13. The van der Waals surface area contributed by atoms with Crippen LogP contribution in [-0.4, -0.2) is 37.0 Å². The molecule has 0 unspecified atom stereocenters. The minimum atomic E-state index is -0.559. The van der Waals surface area contributed by atoms with Gasteiger partial charge >= 0.3 is 0 Å². The minimum Gasteiger partial charge on any atom is -0.320 e. The number of nitrogens with one attached hydrogen (secondary N) is 2. The number of hydrogen-bond donors (Lipinski definition) is 2. The Morgan fingerprint density at radius 3 is 2.52 bits per heavy atom. The van der Waals surface area contributed by atoms with Crippen molar-refractivity contribution in [2.45, 2.75) is 6.92 Å². The second kappa shape index (κ2) is 8.49. The third-order valence-corrected chi connectivity index (χ3v) is 4.43. The molecule has 0 saturated heterocycles. The molecule has 0 aliphatic carbocycles. The highest BCUT2D eigenvalue weighted by molar-refractivity contribution is 6.09. The van der Waals surface area contributed by atoms with E-state index in [1.165, 1.54) is 29.3 Å². The fraction of sp³-hybridized carbons (Fsp3) is 0.0476. The molecule has 0 radical (unpaired) electrons. The van der Waals surface area contributed by atoms with Crippen LogP contribution in [0.25, 0.3) is 5.69 Å². The first-order valence-electron chi connectivity index (χ1n) is 9.18. The molecule has 4 aromatic rings. The molecule has 2 aromatic heterocycles. The summed E-state index contributed by atoms with van der Waals surface area (Å²) < 4.78 is 15.3. The number of rotatable bonds is 5. The van der Waals surface area contributed by atoms with E-state index in [4.69, 9.17) is 0 Å². The van der Waals surface area contributed by atoms with Crippen molar-refractivity contribution in [1.29, 1.82) is 0 Å². The Morgan fingerprint density at radius 1 is 0.968 bits per heavy atom. The summed E-state index contributed by atoms with van der Waals surface area (Å²) in [7, 11) is 0. The molecular formula is C21H16FN7O2. The van der Waals surface area contributed by atoms with Crippen LogP contribution in [0.4, 0.5) is 15.8 Å². The van der Waals surface area contributed by atoms with Crippen molar-refractivity contribution in [3.05, 3.63) is 89.8 Å². The van der Waals surface area contributed by atoms with Gasteiger partial charge in [-0.25, -0.2) is 9.07 Å². The topological polar surface area (TPSA) is 115 Å². The van der Waals surface area contributed by atoms with E-state index in [0.717, 1.165) is 17.3 Å². The molecule has 154 valence electrons. The van der Waals surface area contributed by atoms with Gasteiger partial charge in [0.1, 0.15) is 17.8 Å². The summed E-state index contributed by atoms with van der Waals surface area (Å²) in [5, 5.41) is 16.3. The van der Waals surface area contributed by atoms with E-state index in [9.17, 15) is 14.0 Å². The molecule has 0 spiro atoms. The number of carbonyl (C=O) groups is 2. The van der Waals surface area contributed by atoms with Gasteiger partial charge in [-0.1, -0.05) is 6.07 Å². The smallest absolute Gasteiger partial charge is 0.274 e. The Morgan fingerprint density at radius 2 is 1.81 bits per heavy atom. The van der Waals surface area contributed by atoms with Crippen LogP contribution in [-0.2, 0) is 0 Å². The van der Waals surface area contributed by atoms with Gasteiger partial charge in [0.15, 0.2) is 0 Å². The van der Waals surface area contributed by atoms with Gasteiger partial charge < -0.3 is 10.6 Å². The first-order valence-corrected chi connectivity index (χ1v) is 9.18. The van der Waals surface area contributed by atoms with E-state index in [1.807, 2.05) is 6.92 Å². The lowest BCUT2D eigenvalue weighted by Crippen LogP contribution is -2.18. The van der Waals surface area contributed by atoms with E-state index >= 15 is 0 Å². The molecule has 31 heavy (non-hydrogen) atoms. The van der Waals surface area contributed by atoms with E-state index in [0.29, 0.717) is 5.56 Å². The number of aromatic nitrogens is 5. The van der Waals surface area contributed by atoms with Crippen molar-refractivity contribution >= 4 is 23.2 Å². The monoisotopic (exact) mass is 417 g/mol. The lowest BCUT2D eigenvalue weighted by atomic mass is 10.1. The normalized spacial score (nSPS) is 10.5. The molecule has 2 heterocycles. The Hall–Kier alpha value is -4.47. The fourth-order valence-electron chi connectivity index (χ4n) is 2.93. The highest BCUT2D eigenvalue weighted by Crippen LogP contribution is 2.25. The van der Waals surface area contributed by atoms with E-state index in [-0.39, 0.29) is 17.1 Å². The Balaban J connectivity index is 1.56. The maximum atomic E-state index is 13.8. The van der Waals surface area contributed by atoms with Crippen molar-refractivity contribution in [3.8, 4) is 5.69 Å². The van der Waals surface area contributed by atoms with Crippen LogP contribution >= 0.6 is 0 Å². The predicted molar refractivity (Wildman–Crippen MR) is 110 cm³/mol. The van der Waals surface area contributed by atoms with Crippen molar-refractivity contribution < 1.29 is 14.0 Å². The van der Waals surface area contributed by atoms with Crippen LogP contribution in [0.2, 0.25) is 0 Å². The van der Waals surface area contributed by atoms with E-state index in [2.05, 4.69) is 31.1 Å². The standard InChI is InChI=1S/C21H16FN7O2/c1-13-10-14(5-8-19(13)29-12-24-27-28-29)20(30)26-18-11-15(22)6-7-16(18)25-21(31)17-4-2-3-9-23-17/h2-12H,1H3,(H,25,31)(H,26,30). The van der Waals surface area contributed by atoms with Crippen LogP contribution < -0.4 is 10.6 Å². The minimum absolute atomic E-state index is 0.122. The number of hydrogen-bond acceptors (Lipinski definition) is 6. The molecule has 0 aliphatic rings. The van der Waals surface area contributed by atoms with Crippen molar-refractivity contribution in [2.24, 2.45) is 0 Å². The van der Waals surface area contributed by atoms with Crippen molar-refractivity contribution in [3.63, 3.8) is 0 Å². The van der Waals surface area contributed by atoms with Crippen LogP contribution in [0, 0.1) is 12.7 Å². The quantitative estimate of drug-likeness (QED) is 0.516. The number of anilines is 2. The van der Waals surface area contributed by atoms with Crippen LogP contribution in [0.3, 0.4) is 0 Å². The Kier molecular flexibility index (Phi) is 5.43. The number of pyridine rings is 1. The lowest BCUT2D eigenvalue weighted by molar-refractivity contribution is 0.101. The van der Waals surface area contributed by atoms with Crippen molar-refractivity contribution in [2.75, 3.05) is 10.6 Å². The zero-order valence-electron chi connectivity index (χ0n) is 16.3. The molecule has 9 nitrogen and oxygen atoms in total. The molecular weight excluding hydrogens is 401 g/mol. The zero-order valence-corrected chi connectivity index (χ0v) is 16.3. The molecule has 0 aliphatic heterocycles. The van der Waals surface area contributed by atoms with Gasteiger partial charge in [-0.2, -0.15) is 0 Å². The van der Waals surface area contributed by atoms with Crippen LogP contribution in [0.1, 0.15) is 26.4 Å². The summed E-state index contributed by atoms with van der Waals surface area (Å²) in [6, 6.07) is 13.6. The fourth-order valence-corrected chi connectivity index (χ4v) is 2.93. The average molecular weight is 417 g/mol. The molecule has 0 saturated carbocycles. The van der Waals surface area contributed by atoms with Gasteiger partial charge in [-0.3, -0.25) is 14.6 Å². The first kappa shape index (κ1) is 19.8. The molecule has 2 N–H and O–H groups in total. The summed E-state index contributed by atoms with van der Waals surface area (Å²) in [6.07, 6.45) is 2.94. The number of aryl methyl sites for hydroxylation is 1. The maximum absolute atomic E-state index is 13.8. The summed E-state index contributed by atoms with van der Waals surface area (Å²) in [5.41, 5.74) is 2.39. The highest BCUT2D eigenvalue weighted by Gasteiger charge is 2.15. The van der Waals surface area contributed by atoms with E-state index < -0.39 is 17.6 Å². The van der Waals surface area contributed by atoms with Gasteiger partial charge in [0.2, 0.25) is 0 Å². The van der Waals surface area contributed by atoms with Gasteiger partial charge in [0.25, 0.3) is 11.8 Å². The highest BCUT2D eigenvalue weighted by atomic mass is 19.1. The third kappa shape index (κ3) is 4.42. The number of carbonyl (C=O) groups excluding carboxylic acids is 2. The number of amides is 2.